The SMILES string of the molecule is COC([SiH3])(CNCCN)OC. The molecule has 0 aliphatic rings. The molecule has 0 saturated carbocycles. The minimum Gasteiger partial charge on any atom is -0.357 e. The second-order valence-electron chi connectivity index (χ2n) is 2.51. The second kappa shape index (κ2) is 5.67. The minimum absolute atomic E-state index is 0.394. The van der Waals surface area contributed by atoms with Crippen molar-refractivity contribution < 1.29 is 9.47 Å². The highest BCUT2D eigenvalue weighted by atomic mass is 28.1. The average molecular weight is 178 g/mol. The highest BCUT2D eigenvalue weighted by Crippen LogP contribution is 2.02. The van der Waals surface area contributed by atoms with Gasteiger partial charge in [-0.15, -0.1) is 0 Å². The Bertz CT molecular complexity index is 98.6. The number of ether oxygens (including phenoxy) is 2. The van der Waals surface area contributed by atoms with Gasteiger partial charge in [0.25, 0.3) is 0 Å². The molecule has 0 unspecified atom stereocenters. The van der Waals surface area contributed by atoms with E-state index in [0.717, 1.165) is 16.8 Å². The Kier molecular flexibility index (Phi) is 5.70. The van der Waals surface area contributed by atoms with E-state index in [1.165, 1.54) is 0 Å². The Morgan fingerprint density at radius 2 is 2.00 bits per heavy atom. The van der Waals surface area contributed by atoms with Crippen molar-refractivity contribution in [2.75, 3.05) is 33.9 Å². The van der Waals surface area contributed by atoms with Crippen molar-refractivity contribution in [2.24, 2.45) is 5.73 Å². The molecule has 0 heterocycles. The van der Waals surface area contributed by atoms with E-state index in [1.807, 2.05) is 0 Å². The number of nitrogens with two attached hydrogens (primary N) is 1. The van der Waals surface area contributed by atoms with Crippen molar-refractivity contribution in [3.63, 3.8) is 0 Å². The Balaban J connectivity index is 3.51. The van der Waals surface area contributed by atoms with Crippen molar-refractivity contribution in [3.8, 4) is 0 Å². The minimum atomic E-state index is -0.394. The van der Waals surface area contributed by atoms with Crippen molar-refractivity contribution in [1.82, 2.24) is 5.32 Å². The van der Waals surface area contributed by atoms with Gasteiger partial charge >= 0.3 is 0 Å². The van der Waals surface area contributed by atoms with Gasteiger partial charge in [-0.1, -0.05) is 0 Å². The summed E-state index contributed by atoms with van der Waals surface area (Å²) in [6.07, 6.45) is 0. The largest absolute Gasteiger partial charge is 0.357 e. The van der Waals surface area contributed by atoms with Crippen molar-refractivity contribution >= 4 is 10.2 Å². The predicted molar refractivity (Wildman–Crippen MR) is 48.6 cm³/mol. The first-order chi connectivity index (χ1) is 5.18. The van der Waals surface area contributed by atoms with Crippen LogP contribution in [0.5, 0.6) is 0 Å². The first-order valence-corrected chi connectivity index (χ1v) is 4.69. The summed E-state index contributed by atoms with van der Waals surface area (Å²) >= 11 is 0. The molecular formula is C6H18N2O2Si. The van der Waals surface area contributed by atoms with Gasteiger partial charge in [-0.2, -0.15) is 0 Å². The molecule has 11 heavy (non-hydrogen) atoms. The molecule has 0 saturated heterocycles. The molecule has 0 bridgehead atoms. The number of methoxy groups -OCH3 is 2. The lowest BCUT2D eigenvalue weighted by Crippen LogP contribution is -2.45. The summed E-state index contributed by atoms with van der Waals surface area (Å²) in [5.74, 6) is 0. The van der Waals surface area contributed by atoms with Gasteiger partial charge in [-0.3, -0.25) is 0 Å². The van der Waals surface area contributed by atoms with Crippen LogP contribution in [0, 0.1) is 0 Å². The monoisotopic (exact) mass is 178 g/mol. The maximum Gasteiger partial charge on any atom is 0.152 e. The first-order valence-electron chi connectivity index (χ1n) is 3.69. The summed E-state index contributed by atoms with van der Waals surface area (Å²) in [7, 11) is 4.15. The summed E-state index contributed by atoms with van der Waals surface area (Å²) in [5.41, 5.74) is 4.91. The summed E-state index contributed by atoms with van der Waals surface area (Å²) in [4.78, 5) is 0. The van der Waals surface area contributed by atoms with E-state index >= 15 is 0 Å². The third-order valence-corrected chi connectivity index (χ3v) is 2.80. The molecule has 4 nitrogen and oxygen atoms in total. The van der Waals surface area contributed by atoms with Crippen LogP contribution in [0.1, 0.15) is 0 Å². The zero-order valence-corrected chi connectivity index (χ0v) is 9.52. The van der Waals surface area contributed by atoms with E-state index in [-0.39, 0.29) is 0 Å². The van der Waals surface area contributed by atoms with Crippen LogP contribution in [-0.2, 0) is 9.47 Å². The summed E-state index contributed by atoms with van der Waals surface area (Å²) in [6, 6.07) is 0. The van der Waals surface area contributed by atoms with Crippen LogP contribution in [-0.4, -0.2) is 49.5 Å². The molecule has 0 aliphatic heterocycles. The van der Waals surface area contributed by atoms with Crippen molar-refractivity contribution in [1.29, 1.82) is 0 Å². The topological polar surface area (TPSA) is 56.5 Å². The average Bonchev–Trinajstić information content (AvgIpc) is 2.05. The highest BCUT2D eigenvalue weighted by Gasteiger charge is 2.20. The van der Waals surface area contributed by atoms with Crippen LogP contribution >= 0.6 is 0 Å². The zero-order valence-electron chi connectivity index (χ0n) is 7.52. The van der Waals surface area contributed by atoms with E-state index in [9.17, 15) is 0 Å². The lowest BCUT2D eigenvalue weighted by atomic mass is 10.5. The van der Waals surface area contributed by atoms with Crippen LogP contribution in [0.4, 0.5) is 0 Å². The first kappa shape index (κ1) is 11.1. The lowest BCUT2D eigenvalue weighted by molar-refractivity contribution is -0.138. The second-order valence-corrected chi connectivity index (χ2v) is 4.03. The number of rotatable bonds is 6. The summed E-state index contributed by atoms with van der Waals surface area (Å²) < 4.78 is 10.3. The van der Waals surface area contributed by atoms with Gasteiger partial charge in [0.2, 0.25) is 0 Å². The molecule has 0 amide bonds. The van der Waals surface area contributed by atoms with E-state index in [2.05, 4.69) is 5.32 Å². The van der Waals surface area contributed by atoms with Gasteiger partial charge < -0.3 is 20.5 Å². The molecular weight excluding hydrogens is 160 g/mol. The standard InChI is InChI=1S/C6H18N2O2Si/c1-9-6(11,10-2)5-8-4-3-7/h8H,3-5,7H2,1-2,11H3. The quantitative estimate of drug-likeness (QED) is 0.276. The number of hydrogen-bond acceptors (Lipinski definition) is 4. The third kappa shape index (κ3) is 4.49. The smallest absolute Gasteiger partial charge is 0.152 e. The Labute approximate surface area is 70.9 Å². The molecule has 0 fully saturated rings. The van der Waals surface area contributed by atoms with Crippen LogP contribution in [0.2, 0.25) is 0 Å². The molecule has 3 N–H and O–H groups in total. The molecule has 0 rings (SSSR count). The van der Waals surface area contributed by atoms with Crippen LogP contribution in [0.3, 0.4) is 0 Å². The van der Waals surface area contributed by atoms with Crippen LogP contribution < -0.4 is 11.1 Å². The van der Waals surface area contributed by atoms with Gasteiger partial charge in [0.15, 0.2) is 5.41 Å². The van der Waals surface area contributed by atoms with Gasteiger partial charge in [0.05, 0.1) is 10.2 Å². The number of hydrogen-bond donors (Lipinski definition) is 2. The Morgan fingerprint density at radius 3 is 2.36 bits per heavy atom. The van der Waals surface area contributed by atoms with Gasteiger partial charge in [-0.05, 0) is 0 Å². The van der Waals surface area contributed by atoms with Gasteiger partial charge in [0.1, 0.15) is 0 Å². The maximum absolute atomic E-state index is 5.31. The molecule has 0 aromatic carbocycles. The zero-order chi connectivity index (χ0) is 8.74. The van der Waals surface area contributed by atoms with Crippen LogP contribution in [0.15, 0.2) is 0 Å². The van der Waals surface area contributed by atoms with E-state index in [4.69, 9.17) is 15.2 Å². The molecule has 0 aromatic rings. The fourth-order valence-corrected chi connectivity index (χ4v) is 0.895. The Morgan fingerprint density at radius 1 is 1.45 bits per heavy atom. The van der Waals surface area contributed by atoms with Crippen molar-refractivity contribution in [3.05, 3.63) is 0 Å². The van der Waals surface area contributed by atoms with Crippen molar-refractivity contribution in [2.45, 2.75) is 5.41 Å². The molecule has 5 heteroatoms. The molecule has 0 radical (unpaired) electrons. The molecule has 68 valence electrons. The highest BCUT2D eigenvalue weighted by molar-refractivity contribution is 6.13. The Hall–Kier alpha value is 0.0569. The molecule has 0 spiro atoms. The fraction of sp³-hybridized carbons (Fsp3) is 1.00. The molecule has 0 aliphatic carbocycles. The van der Waals surface area contributed by atoms with Gasteiger partial charge in [-0.25, -0.2) is 0 Å². The van der Waals surface area contributed by atoms with E-state index in [0.29, 0.717) is 13.1 Å². The lowest BCUT2D eigenvalue weighted by Gasteiger charge is -2.26. The predicted octanol–water partition coefficient (Wildman–Crippen LogP) is -2.15. The van der Waals surface area contributed by atoms with Gasteiger partial charge in [0, 0.05) is 33.9 Å². The normalized spacial score (nSPS) is 12.3. The number of nitrogens with one attached hydrogen (secondary N) is 1. The third-order valence-electron chi connectivity index (χ3n) is 1.63. The summed E-state index contributed by atoms with van der Waals surface area (Å²) in [6.45, 7) is 2.16. The van der Waals surface area contributed by atoms with Crippen LogP contribution in [0.25, 0.3) is 0 Å². The molecule has 0 atom stereocenters. The maximum atomic E-state index is 5.31. The fourth-order valence-electron chi connectivity index (χ4n) is 0.645. The van der Waals surface area contributed by atoms with E-state index < -0.39 is 5.41 Å². The summed E-state index contributed by atoms with van der Waals surface area (Å²) in [5, 5.41) is 3.14. The molecule has 0 aromatic heterocycles. The van der Waals surface area contributed by atoms with E-state index in [1.54, 1.807) is 14.2 Å².